The molecule has 0 saturated heterocycles. The summed E-state index contributed by atoms with van der Waals surface area (Å²) in [5, 5.41) is 12.5. The fourth-order valence-electron chi connectivity index (χ4n) is 1.45. The van der Waals surface area contributed by atoms with Gasteiger partial charge < -0.3 is 9.51 Å². The van der Waals surface area contributed by atoms with E-state index in [1.165, 1.54) is 6.07 Å². The molecule has 0 aromatic carbocycles. The van der Waals surface area contributed by atoms with Crippen molar-refractivity contribution in [3.8, 4) is 17.4 Å². The van der Waals surface area contributed by atoms with E-state index in [-0.39, 0.29) is 11.1 Å². The van der Waals surface area contributed by atoms with E-state index in [0.717, 1.165) is 5.69 Å². The molecule has 5 nitrogen and oxygen atoms in total. The number of nitrogens with one attached hydrogen (secondary N) is 1. The van der Waals surface area contributed by atoms with Crippen molar-refractivity contribution in [2.75, 3.05) is 0 Å². The van der Waals surface area contributed by atoms with Gasteiger partial charge in [0.15, 0.2) is 5.76 Å². The van der Waals surface area contributed by atoms with Crippen LogP contribution >= 0.6 is 0 Å². The van der Waals surface area contributed by atoms with Crippen molar-refractivity contribution in [3.05, 3.63) is 39.4 Å². The Balaban J connectivity index is 2.67. The van der Waals surface area contributed by atoms with Gasteiger partial charge in [0.1, 0.15) is 11.6 Å². The highest BCUT2D eigenvalue weighted by atomic mass is 16.5. The summed E-state index contributed by atoms with van der Waals surface area (Å²) in [7, 11) is 0. The van der Waals surface area contributed by atoms with Crippen molar-refractivity contribution in [1.82, 2.24) is 10.1 Å². The zero-order valence-electron chi connectivity index (χ0n) is 8.87. The minimum absolute atomic E-state index is 0.0645. The number of hydrogen-bond acceptors (Lipinski definition) is 4. The van der Waals surface area contributed by atoms with Gasteiger partial charge in [-0.25, -0.2) is 0 Å². The van der Waals surface area contributed by atoms with Crippen LogP contribution in [-0.4, -0.2) is 10.1 Å². The van der Waals surface area contributed by atoms with Crippen LogP contribution in [0, 0.1) is 25.2 Å². The Labute approximate surface area is 91.3 Å². The average molecular weight is 215 g/mol. The van der Waals surface area contributed by atoms with E-state index in [9.17, 15) is 4.79 Å². The molecule has 1 N–H and O–H groups in total. The molecule has 2 heterocycles. The summed E-state index contributed by atoms with van der Waals surface area (Å²) < 4.78 is 5.09. The Bertz CT molecular complexity index is 631. The van der Waals surface area contributed by atoms with Gasteiger partial charge in [0, 0.05) is 17.3 Å². The van der Waals surface area contributed by atoms with Crippen LogP contribution in [-0.2, 0) is 0 Å². The first-order chi connectivity index (χ1) is 7.61. The van der Waals surface area contributed by atoms with Crippen LogP contribution < -0.4 is 5.56 Å². The second-order valence-corrected chi connectivity index (χ2v) is 3.50. The van der Waals surface area contributed by atoms with E-state index in [4.69, 9.17) is 9.78 Å². The van der Waals surface area contributed by atoms with Crippen molar-refractivity contribution in [2.24, 2.45) is 0 Å². The number of hydrogen-bond donors (Lipinski definition) is 1. The van der Waals surface area contributed by atoms with Crippen LogP contribution in [0.15, 0.2) is 21.5 Å². The lowest BCUT2D eigenvalue weighted by Crippen LogP contribution is -2.11. The first-order valence-corrected chi connectivity index (χ1v) is 4.69. The predicted molar refractivity (Wildman–Crippen MR) is 56.7 cm³/mol. The number of aromatic amines is 1. The van der Waals surface area contributed by atoms with Crippen molar-refractivity contribution in [1.29, 1.82) is 5.26 Å². The van der Waals surface area contributed by atoms with Crippen LogP contribution in [0.4, 0.5) is 0 Å². The average Bonchev–Trinajstić information content (AvgIpc) is 2.65. The van der Waals surface area contributed by atoms with Gasteiger partial charge in [0.2, 0.25) is 0 Å². The van der Waals surface area contributed by atoms with Gasteiger partial charge in [0.05, 0.1) is 5.69 Å². The molecule has 0 radical (unpaired) electrons. The smallest absolute Gasteiger partial charge is 0.266 e. The van der Waals surface area contributed by atoms with Crippen LogP contribution in [0.2, 0.25) is 0 Å². The zero-order chi connectivity index (χ0) is 11.7. The monoisotopic (exact) mass is 215 g/mol. The largest absolute Gasteiger partial charge is 0.356 e. The van der Waals surface area contributed by atoms with E-state index < -0.39 is 0 Å². The molecule has 0 bridgehead atoms. The lowest BCUT2D eigenvalue weighted by Gasteiger charge is -2.01. The number of aryl methyl sites for hydroxylation is 2. The first kappa shape index (κ1) is 10.2. The van der Waals surface area contributed by atoms with E-state index in [1.807, 2.05) is 6.07 Å². The van der Waals surface area contributed by atoms with Gasteiger partial charge >= 0.3 is 0 Å². The number of nitrogens with zero attached hydrogens (tertiary/aromatic N) is 2. The number of aromatic nitrogens is 2. The maximum absolute atomic E-state index is 11.3. The quantitative estimate of drug-likeness (QED) is 0.781. The highest BCUT2D eigenvalue weighted by molar-refractivity contribution is 5.61. The van der Waals surface area contributed by atoms with Gasteiger partial charge in [-0.15, -0.1) is 0 Å². The third-order valence-corrected chi connectivity index (χ3v) is 2.25. The lowest BCUT2D eigenvalue weighted by atomic mass is 10.1. The molecule has 0 atom stereocenters. The zero-order valence-corrected chi connectivity index (χ0v) is 8.87. The SMILES string of the molecule is Cc1cc(-c2cc(C#N)c(=O)[nH]c2C)on1. The van der Waals surface area contributed by atoms with Gasteiger partial charge in [-0.1, -0.05) is 5.16 Å². The fraction of sp³-hybridized carbons (Fsp3) is 0.182. The summed E-state index contributed by atoms with van der Waals surface area (Å²) in [6.07, 6.45) is 0. The van der Waals surface area contributed by atoms with Crippen LogP contribution in [0.3, 0.4) is 0 Å². The van der Waals surface area contributed by atoms with E-state index >= 15 is 0 Å². The Morgan fingerprint density at radius 1 is 1.44 bits per heavy atom. The van der Waals surface area contributed by atoms with Gasteiger partial charge in [-0.3, -0.25) is 4.79 Å². The van der Waals surface area contributed by atoms with Gasteiger partial charge in [-0.05, 0) is 19.9 Å². The van der Waals surface area contributed by atoms with Crippen molar-refractivity contribution < 1.29 is 4.52 Å². The molecule has 0 saturated carbocycles. The molecule has 2 aromatic heterocycles. The number of nitriles is 1. The van der Waals surface area contributed by atoms with Crippen LogP contribution in [0.25, 0.3) is 11.3 Å². The molecule has 0 aliphatic carbocycles. The second kappa shape index (κ2) is 3.66. The molecule has 0 aliphatic rings. The molecule has 0 amide bonds. The molecular weight excluding hydrogens is 206 g/mol. The molecule has 0 spiro atoms. The van der Waals surface area contributed by atoms with Crippen molar-refractivity contribution in [3.63, 3.8) is 0 Å². The maximum Gasteiger partial charge on any atom is 0.266 e. The number of pyridine rings is 1. The number of rotatable bonds is 1. The standard InChI is InChI=1S/C11H9N3O2/c1-6-3-10(16-14-6)9-4-8(5-12)11(15)13-7(9)2/h3-4H,1-2H3,(H,13,15). The Hall–Kier alpha value is -2.35. The highest BCUT2D eigenvalue weighted by Gasteiger charge is 2.11. The third kappa shape index (κ3) is 1.61. The molecular formula is C11H9N3O2. The van der Waals surface area contributed by atoms with E-state index in [0.29, 0.717) is 17.0 Å². The molecule has 2 aromatic rings. The Morgan fingerprint density at radius 3 is 2.75 bits per heavy atom. The molecule has 16 heavy (non-hydrogen) atoms. The lowest BCUT2D eigenvalue weighted by molar-refractivity contribution is 0.426. The normalized spacial score (nSPS) is 10.1. The van der Waals surface area contributed by atoms with Crippen LogP contribution in [0.1, 0.15) is 17.0 Å². The predicted octanol–water partition coefficient (Wildman–Crippen LogP) is 1.52. The molecule has 0 unspecified atom stereocenters. The fourth-order valence-corrected chi connectivity index (χ4v) is 1.45. The summed E-state index contributed by atoms with van der Waals surface area (Å²) in [5.74, 6) is 0.544. The van der Waals surface area contributed by atoms with Crippen molar-refractivity contribution in [2.45, 2.75) is 13.8 Å². The Morgan fingerprint density at radius 2 is 2.19 bits per heavy atom. The van der Waals surface area contributed by atoms with Gasteiger partial charge in [-0.2, -0.15) is 5.26 Å². The molecule has 0 aliphatic heterocycles. The van der Waals surface area contributed by atoms with Crippen LogP contribution in [0.5, 0.6) is 0 Å². The molecule has 80 valence electrons. The minimum atomic E-state index is -0.389. The molecule has 5 heteroatoms. The summed E-state index contributed by atoms with van der Waals surface area (Å²) in [6, 6.07) is 5.09. The topological polar surface area (TPSA) is 82.7 Å². The minimum Gasteiger partial charge on any atom is -0.356 e. The summed E-state index contributed by atoms with van der Waals surface area (Å²) in [5.41, 5.74) is 1.76. The van der Waals surface area contributed by atoms with E-state index in [1.54, 1.807) is 19.9 Å². The summed E-state index contributed by atoms with van der Waals surface area (Å²) >= 11 is 0. The number of H-pyrrole nitrogens is 1. The second-order valence-electron chi connectivity index (χ2n) is 3.50. The first-order valence-electron chi connectivity index (χ1n) is 4.69. The van der Waals surface area contributed by atoms with Gasteiger partial charge in [0.25, 0.3) is 5.56 Å². The Kier molecular flexibility index (Phi) is 2.33. The summed E-state index contributed by atoms with van der Waals surface area (Å²) in [6.45, 7) is 3.55. The third-order valence-electron chi connectivity index (χ3n) is 2.25. The van der Waals surface area contributed by atoms with E-state index in [2.05, 4.69) is 10.1 Å². The molecule has 2 rings (SSSR count). The highest BCUT2D eigenvalue weighted by Crippen LogP contribution is 2.22. The summed E-state index contributed by atoms with van der Waals surface area (Å²) in [4.78, 5) is 13.9. The molecule has 0 fully saturated rings. The van der Waals surface area contributed by atoms with Crippen molar-refractivity contribution >= 4 is 0 Å². The maximum atomic E-state index is 11.3.